The van der Waals surface area contributed by atoms with Gasteiger partial charge in [0.2, 0.25) is 5.91 Å². The molecule has 2 rings (SSSR count). The Bertz CT molecular complexity index is 510. The van der Waals surface area contributed by atoms with Crippen LogP contribution in [0.25, 0.3) is 6.08 Å². The van der Waals surface area contributed by atoms with Crippen LogP contribution in [0.4, 0.5) is 0 Å². The number of aliphatic hydroxyl groups is 1. The highest BCUT2D eigenvalue weighted by molar-refractivity contribution is 6.31. The highest BCUT2D eigenvalue weighted by atomic mass is 35.5. The average molecular weight is 284 g/mol. The van der Waals surface area contributed by atoms with E-state index in [0.29, 0.717) is 11.7 Å². The van der Waals surface area contributed by atoms with Crippen molar-refractivity contribution in [2.45, 2.75) is 25.8 Å². The minimum atomic E-state index is -0.0872. The summed E-state index contributed by atoms with van der Waals surface area (Å²) in [5.74, 6) is -0.0872. The largest absolute Gasteiger partial charge is 0.394 e. The number of carbonyl (C=O) groups is 1. The number of nitrogens with zero attached hydrogens (tertiary/aromatic N) is 3. The fraction of sp³-hybridized carbons (Fsp3) is 0.538. The number of aromatic nitrogens is 2. The lowest BCUT2D eigenvalue weighted by molar-refractivity contribution is -0.127. The van der Waals surface area contributed by atoms with Crippen LogP contribution in [0.15, 0.2) is 6.08 Å². The molecule has 0 spiro atoms. The number of hydrogen-bond donors (Lipinski definition) is 1. The fourth-order valence-corrected chi connectivity index (χ4v) is 2.64. The monoisotopic (exact) mass is 283 g/mol. The average Bonchev–Trinajstić information content (AvgIpc) is 2.94. The van der Waals surface area contributed by atoms with Crippen molar-refractivity contribution in [2.24, 2.45) is 7.05 Å². The van der Waals surface area contributed by atoms with Gasteiger partial charge in [-0.05, 0) is 25.8 Å². The van der Waals surface area contributed by atoms with Crippen LogP contribution in [0.2, 0.25) is 5.15 Å². The molecule has 1 aliphatic rings. The summed E-state index contributed by atoms with van der Waals surface area (Å²) in [7, 11) is 1.76. The fourth-order valence-electron chi connectivity index (χ4n) is 2.40. The molecule has 1 atom stereocenters. The van der Waals surface area contributed by atoms with Gasteiger partial charge < -0.3 is 10.0 Å². The minimum Gasteiger partial charge on any atom is -0.394 e. The van der Waals surface area contributed by atoms with Gasteiger partial charge in [-0.15, -0.1) is 0 Å². The quantitative estimate of drug-likeness (QED) is 0.853. The number of aliphatic hydroxyl groups excluding tert-OH is 1. The van der Waals surface area contributed by atoms with Crippen LogP contribution in [0.3, 0.4) is 0 Å². The van der Waals surface area contributed by atoms with Gasteiger partial charge in [-0.2, -0.15) is 5.10 Å². The first kappa shape index (κ1) is 14.1. The number of rotatable bonds is 3. The van der Waals surface area contributed by atoms with E-state index in [4.69, 9.17) is 11.6 Å². The van der Waals surface area contributed by atoms with E-state index in [0.717, 1.165) is 24.1 Å². The molecule has 0 bridgehead atoms. The molecule has 1 aliphatic heterocycles. The van der Waals surface area contributed by atoms with E-state index in [1.54, 1.807) is 22.7 Å². The lowest BCUT2D eigenvalue weighted by Crippen LogP contribution is -2.36. The van der Waals surface area contributed by atoms with E-state index >= 15 is 0 Å². The van der Waals surface area contributed by atoms with Crippen LogP contribution in [-0.2, 0) is 11.8 Å². The molecule has 6 heteroatoms. The molecule has 0 saturated carbocycles. The predicted molar refractivity (Wildman–Crippen MR) is 73.8 cm³/mol. The van der Waals surface area contributed by atoms with Crippen molar-refractivity contribution in [3.63, 3.8) is 0 Å². The lowest BCUT2D eigenvalue weighted by atomic mass is 10.2. The molecule has 1 fully saturated rings. The molecule has 1 aromatic heterocycles. The van der Waals surface area contributed by atoms with Crippen LogP contribution >= 0.6 is 11.6 Å². The third-order valence-corrected chi connectivity index (χ3v) is 3.91. The summed E-state index contributed by atoms with van der Waals surface area (Å²) in [4.78, 5) is 13.8. The molecule has 104 valence electrons. The van der Waals surface area contributed by atoms with Gasteiger partial charge >= 0.3 is 0 Å². The van der Waals surface area contributed by atoms with Gasteiger partial charge in [0.05, 0.1) is 18.3 Å². The molecule has 1 N–H and O–H groups in total. The van der Waals surface area contributed by atoms with E-state index in [-0.39, 0.29) is 18.6 Å². The summed E-state index contributed by atoms with van der Waals surface area (Å²) >= 11 is 6.10. The minimum absolute atomic E-state index is 0.0201. The summed E-state index contributed by atoms with van der Waals surface area (Å²) in [6.07, 6.45) is 5.00. The zero-order valence-corrected chi connectivity index (χ0v) is 11.9. The molecule has 1 amide bonds. The molecule has 0 aliphatic carbocycles. The molecule has 19 heavy (non-hydrogen) atoms. The van der Waals surface area contributed by atoms with Crippen molar-refractivity contribution in [3.05, 3.63) is 22.5 Å². The van der Waals surface area contributed by atoms with E-state index in [9.17, 15) is 9.90 Å². The van der Waals surface area contributed by atoms with Crippen molar-refractivity contribution in [3.8, 4) is 0 Å². The summed E-state index contributed by atoms with van der Waals surface area (Å²) in [5, 5.41) is 13.9. The van der Waals surface area contributed by atoms with Gasteiger partial charge in [-0.3, -0.25) is 9.48 Å². The Morgan fingerprint density at radius 3 is 2.95 bits per heavy atom. The number of likely N-dealkylation sites (tertiary alicyclic amines) is 1. The van der Waals surface area contributed by atoms with Gasteiger partial charge in [0.25, 0.3) is 0 Å². The van der Waals surface area contributed by atoms with Crippen LogP contribution in [-0.4, -0.2) is 44.9 Å². The SMILES string of the molecule is Cc1nn(C)c(Cl)c1/C=C/C(=O)N1CCC[C@@H]1CO. The van der Waals surface area contributed by atoms with Gasteiger partial charge in [0.15, 0.2) is 0 Å². The molecule has 1 saturated heterocycles. The molecule has 0 aromatic carbocycles. The van der Waals surface area contributed by atoms with Crippen molar-refractivity contribution >= 4 is 23.6 Å². The Labute approximate surface area is 117 Å². The highest BCUT2D eigenvalue weighted by Crippen LogP contribution is 2.21. The van der Waals surface area contributed by atoms with Gasteiger partial charge in [-0.25, -0.2) is 0 Å². The van der Waals surface area contributed by atoms with Crippen molar-refractivity contribution < 1.29 is 9.90 Å². The maximum atomic E-state index is 12.1. The number of hydrogen-bond acceptors (Lipinski definition) is 3. The number of halogens is 1. The Morgan fingerprint density at radius 1 is 1.63 bits per heavy atom. The number of amides is 1. The first-order chi connectivity index (χ1) is 9.04. The van der Waals surface area contributed by atoms with E-state index < -0.39 is 0 Å². The Kier molecular flexibility index (Phi) is 4.27. The topological polar surface area (TPSA) is 58.4 Å². The van der Waals surface area contributed by atoms with Crippen LogP contribution in [0.1, 0.15) is 24.1 Å². The smallest absolute Gasteiger partial charge is 0.246 e. The van der Waals surface area contributed by atoms with Crippen LogP contribution < -0.4 is 0 Å². The third-order valence-electron chi connectivity index (χ3n) is 3.46. The Morgan fingerprint density at radius 2 is 2.37 bits per heavy atom. The van der Waals surface area contributed by atoms with Crippen molar-refractivity contribution in [1.29, 1.82) is 0 Å². The molecule has 5 nitrogen and oxygen atoms in total. The lowest BCUT2D eigenvalue weighted by Gasteiger charge is -2.21. The highest BCUT2D eigenvalue weighted by Gasteiger charge is 2.26. The van der Waals surface area contributed by atoms with E-state index in [2.05, 4.69) is 5.10 Å². The normalized spacial score (nSPS) is 19.6. The first-order valence-electron chi connectivity index (χ1n) is 6.33. The second-order valence-electron chi connectivity index (χ2n) is 4.76. The summed E-state index contributed by atoms with van der Waals surface area (Å²) in [6.45, 7) is 2.57. The van der Waals surface area contributed by atoms with E-state index in [1.807, 2.05) is 6.92 Å². The molecule has 1 aromatic rings. The van der Waals surface area contributed by atoms with Gasteiger partial charge in [0, 0.05) is 25.2 Å². The third kappa shape index (κ3) is 2.82. The standard InChI is InChI=1S/C13H18ClN3O2/c1-9-11(13(14)16(2)15-9)5-6-12(19)17-7-3-4-10(17)8-18/h5-6,10,18H,3-4,7-8H2,1-2H3/b6-5+/t10-/m1/s1. The molecule has 2 heterocycles. The predicted octanol–water partition coefficient (Wildman–Crippen LogP) is 1.38. The van der Waals surface area contributed by atoms with Crippen molar-refractivity contribution in [1.82, 2.24) is 14.7 Å². The maximum absolute atomic E-state index is 12.1. The zero-order valence-electron chi connectivity index (χ0n) is 11.1. The summed E-state index contributed by atoms with van der Waals surface area (Å²) in [5.41, 5.74) is 1.55. The van der Waals surface area contributed by atoms with Gasteiger partial charge in [-0.1, -0.05) is 11.6 Å². The number of carbonyl (C=O) groups excluding carboxylic acids is 1. The Hall–Kier alpha value is -1.33. The van der Waals surface area contributed by atoms with Gasteiger partial charge in [0.1, 0.15) is 5.15 Å². The summed E-state index contributed by atoms with van der Waals surface area (Å²) < 4.78 is 1.58. The van der Waals surface area contributed by atoms with Crippen LogP contribution in [0, 0.1) is 6.92 Å². The zero-order chi connectivity index (χ0) is 14.0. The van der Waals surface area contributed by atoms with Crippen LogP contribution in [0.5, 0.6) is 0 Å². The van der Waals surface area contributed by atoms with Crippen molar-refractivity contribution in [2.75, 3.05) is 13.2 Å². The maximum Gasteiger partial charge on any atom is 0.246 e. The second-order valence-corrected chi connectivity index (χ2v) is 5.12. The molecular weight excluding hydrogens is 266 g/mol. The Balaban J connectivity index is 2.12. The molecule has 0 radical (unpaired) electrons. The van der Waals surface area contributed by atoms with E-state index in [1.165, 1.54) is 6.08 Å². The number of aryl methyl sites for hydroxylation is 2. The second kappa shape index (κ2) is 5.75. The first-order valence-corrected chi connectivity index (χ1v) is 6.71. The summed E-state index contributed by atoms with van der Waals surface area (Å²) in [6, 6.07) is -0.0531. The molecular formula is C13H18ClN3O2. The molecule has 0 unspecified atom stereocenters.